The van der Waals surface area contributed by atoms with Crippen LogP contribution >= 0.6 is 0 Å². The molecule has 170 valence electrons. The molecule has 0 radical (unpaired) electrons. The number of nitrogens with zero attached hydrogens (tertiary/aromatic N) is 2. The Morgan fingerprint density at radius 1 is 0.824 bits per heavy atom. The summed E-state index contributed by atoms with van der Waals surface area (Å²) >= 11 is 0. The Labute approximate surface area is 198 Å². The van der Waals surface area contributed by atoms with Gasteiger partial charge in [-0.2, -0.15) is 0 Å². The molecule has 3 aromatic rings. The van der Waals surface area contributed by atoms with Crippen molar-refractivity contribution in [3.63, 3.8) is 0 Å². The van der Waals surface area contributed by atoms with Gasteiger partial charge in [0.2, 0.25) is 11.8 Å². The van der Waals surface area contributed by atoms with Gasteiger partial charge in [0, 0.05) is 5.56 Å². The van der Waals surface area contributed by atoms with Gasteiger partial charge in [0.1, 0.15) is 0 Å². The maximum Gasteiger partial charge on any atom is 0.264 e. The molecular formula is C27H22N2O4S. The molecule has 0 N–H and O–H groups in total. The highest BCUT2D eigenvalue weighted by atomic mass is 32.2. The number of aryl methyl sites for hydroxylation is 1. The molecule has 6 rings (SSSR count). The van der Waals surface area contributed by atoms with Crippen LogP contribution in [0.4, 0.5) is 11.4 Å². The van der Waals surface area contributed by atoms with Crippen molar-refractivity contribution in [2.24, 2.45) is 11.8 Å². The van der Waals surface area contributed by atoms with E-state index >= 15 is 0 Å². The van der Waals surface area contributed by atoms with E-state index < -0.39 is 27.9 Å². The summed E-state index contributed by atoms with van der Waals surface area (Å²) in [6.07, 6.45) is 2.34. The first-order valence-corrected chi connectivity index (χ1v) is 12.7. The average molecular weight is 471 g/mol. The summed E-state index contributed by atoms with van der Waals surface area (Å²) in [5.41, 5.74) is 3.59. The molecule has 6 nitrogen and oxygen atoms in total. The van der Waals surface area contributed by atoms with Crippen molar-refractivity contribution in [2.45, 2.75) is 24.3 Å². The molecule has 34 heavy (non-hydrogen) atoms. The van der Waals surface area contributed by atoms with E-state index in [-0.39, 0.29) is 16.7 Å². The van der Waals surface area contributed by atoms with Crippen LogP contribution in [-0.4, -0.2) is 26.3 Å². The van der Waals surface area contributed by atoms with E-state index in [1.165, 1.54) is 9.21 Å². The maximum absolute atomic E-state index is 14.0. The third kappa shape index (κ3) is 2.83. The second kappa shape index (κ2) is 7.40. The molecule has 7 heteroatoms. The summed E-state index contributed by atoms with van der Waals surface area (Å²) in [6, 6.07) is 22.1. The van der Waals surface area contributed by atoms with Gasteiger partial charge >= 0.3 is 0 Å². The van der Waals surface area contributed by atoms with Crippen LogP contribution in [0.2, 0.25) is 0 Å². The minimum Gasteiger partial charge on any atom is -0.274 e. The van der Waals surface area contributed by atoms with Gasteiger partial charge in [-0.1, -0.05) is 60.2 Å². The first-order valence-electron chi connectivity index (χ1n) is 11.2. The van der Waals surface area contributed by atoms with Gasteiger partial charge in [-0.15, -0.1) is 0 Å². The van der Waals surface area contributed by atoms with E-state index in [1.807, 2.05) is 31.2 Å². The van der Waals surface area contributed by atoms with E-state index in [1.54, 1.807) is 60.7 Å². The van der Waals surface area contributed by atoms with Crippen LogP contribution in [0, 0.1) is 18.8 Å². The molecule has 0 saturated carbocycles. The molecule has 1 aliphatic carbocycles. The van der Waals surface area contributed by atoms with E-state index in [0.29, 0.717) is 17.8 Å². The van der Waals surface area contributed by atoms with Crippen molar-refractivity contribution >= 4 is 38.8 Å². The number of fused-ring (bicyclic) bond motifs is 5. The highest BCUT2D eigenvalue weighted by Crippen LogP contribution is 2.53. The van der Waals surface area contributed by atoms with Gasteiger partial charge in [-0.05, 0) is 49.2 Å². The van der Waals surface area contributed by atoms with Crippen molar-refractivity contribution in [3.05, 3.63) is 96.1 Å². The third-order valence-electron chi connectivity index (χ3n) is 7.02. The van der Waals surface area contributed by atoms with E-state index in [0.717, 1.165) is 16.7 Å². The van der Waals surface area contributed by atoms with Gasteiger partial charge in [0.05, 0.1) is 34.1 Å². The number of carbonyl (C=O) groups is 2. The molecule has 0 unspecified atom stereocenters. The fourth-order valence-electron chi connectivity index (χ4n) is 5.46. The Morgan fingerprint density at radius 3 is 2.24 bits per heavy atom. The highest BCUT2D eigenvalue weighted by molar-refractivity contribution is 7.93. The predicted molar refractivity (Wildman–Crippen MR) is 130 cm³/mol. The topological polar surface area (TPSA) is 74.8 Å². The zero-order chi connectivity index (χ0) is 23.6. The molecule has 2 heterocycles. The first kappa shape index (κ1) is 20.9. The second-order valence-corrected chi connectivity index (χ2v) is 10.8. The zero-order valence-corrected chi connectivity index (χ0v) is 19.3. The Balaban J connectivity index is 1.51. The molecule has 2 amide bonds. The van der Waals surface area contributed by atoms with Gasteiger partial charge in [-0.25, -0.2) is 13.3 Å². The lowest BCUT2D eigenvalue weighted by atomic mass is 9.77. The number of hydrogen-bond acceptors (Lipinski definition) is 4. The molecule has 0 aromatic heterocycles. The minimum atomic E-state index is -3.99. The molecule has 1 fully saturated rings. The van der Waals surface area contributed by atoms with Crippen molar-refractivity contribution in [2.75, 3.05) is 9.21 Å². The van der Waals surface area contributed by atoms with Crippen LogP contribution in [0.25, 0.3) is 5.57 Å². The number of rotatable bonds is 3. The number of benzene rings is 3. The lowest BCUT2D eigenvalue weighted by molar-refractivity contribution is -0.122. The average Bonchev–Trinajstić information content (AvgIpc) is 3.32. The van der Waals surface area contributed by atoms with Crippen LogP contribution in [0.3, 0.4) is 0 Å². The lowest BCUT2D eigenvalue weighted by Gasteiger charge is -2.34. The number of allylic oxidation sites excluding steroid dienone is 1. The summed E-state index contributed by atoms with van der Waals surface area (Å²) in [7, 11) is -3.99. The lowest BCUT2D eigenvalue weighted by Crippen LogP contribution is -2.47. The number of para-hydroxylation sites is 2. The van der Waals surface area contributed by atoms with Crippen molar-refractivity contribution in [1.82, 2.24) is 0 Å². The summed E-state index contributed by atoms with van der Waals surface area (Å²) in [6.45, 7) is 1.90. The number of amides is 2. The van der Waals surface area contributed by atoms with Gasteiger partial charge in [-0.3, -0.25) is 13.9 Å². The zero-order valence-electron chi connectivity index (χ0n) is 18.5. The summed E-state index contributed by atoms with van der Waals surface area (Å²) in [4.78, 5) is 28.5. The van der Waals surface area contributed by atoms with Crippen LogP contribution in [-0.2, 0) is 19.6 Å². The third-order valence-corrected chi connectivity index (χ3v) is 8.83. The fourth-order valence-corrected chi connectivity index (χ4v) is 7.12. The second-order valence-electron chi connectivity index (χ2n) is 8.95. The molecule has 0 bridgehead atoms. The quantitative estimate of drug-likeness (QED) is 0.539. The van der Waals surface area contributed by atoms with Gasteiger partial charge in [0.25, 0.3) is 10.0 Å². The van der Waals surface area contributed by atoms with Crippen molar-refractivity contribution in [1.29, 1.82) is 0 Å². The number of anilines is 2. The maximum atomic E-state index is 14.0. The van der Waals surface area contributed by atoms with Gasteiger partial charge in [0.15, 0.2) is 0 Å². The summed E-state index contributed by atoms with van der Waals surface area (Å²) in [5.74, 6) is -2.03. The monoisotopic (exact) mass is 470 g/mol. The molecule has 1 saturated heterocycles. The largest absolute Gasteiger partial charge is 0.274 e. The molecule has 3 aliphatic rings. The molecule has 3 atom stereocenters. The highest BCUT2D eigenvalue weighted by Gasteiger charge is 2.59. The Kier molecular flexibility index (Phi) is 4.54. The molecular weight excluding hydrogens is 448 g/mol. The molecule has 2 aliphatic heterocycles. The van der Waals surface area contributed by atoms with E-state index in [4.69, 9.17) is 0 Å². The van der Waals surface area contributed by atoms with Crippen molar-refractivity contribution in [3.8, 4) is 0 Å². The van der Waals surface area contributed by atoms with Crippen LogP contribution in [0.1, 0.15) is 17.5 Å². The van der Waals surface area contributed by atoms with E-state index in [2.05, 4.69) is 0 Å². The number of imide groups is 1. The molecule has 3 aromatic carbocycles. The number of carbonyl (C=O) groups excluding carboxylic acids is 2. The Morgan fingerprint density at radius 2 is 1.50 bits per heavy atom. The first-order chi connectivity index (χ1) is 16.4. The number of sulfonamides is 1. The van der Waals surface area contributed by atoms with Crippen LogP contribution in [0.15, 0.2) is 89.8 Å². The van der Waals surface area contributed by atoms with Gasteiger partial charge < -0.3 is 0 Å². The van der Waals surface area contributed by atoms with Crippen LogP contribution < -0.4 is 9.21 Å². The standard InChI is InChI=1S/C27H22N2O4S/c1-17-11-13-19(14-12-17)34(32,33)29-23-10-6-5-9-20(23)21-15-16-22-24(25(21)29)27(31)28(26(22)30)18-7-3-2-4-8-18/h2-15,22,24-25H,16H2,1H3/t22-,24-,25+/m0/s1. The van der Waals surface area contributed by atoms with E-state index in [9.17, 15) is 18.0 Å². The van der Waals surface area contributed by atoms with Crippen molar-refractivity contribution < 1.29 is 18.0 Å². The smallest absolute Gasteiger partial charge is 0.264 e. The van der Waals surface area contributed by atoms with Crippen LogP contribution in [0.5, 0.6) is 0 Å². The summed E-state index contributed by atoms with van der Waals surface area (Å²) in [5, 5.41) is 0. The SMILES string of the molecule is Cc1ccc(S(=O)(=O)N2c3ccccc3C3=CC[C@@H]4C(=O)N(c5ccccc5)C(=O)[C@@H]4[C@@H]32)cc1. The normalized spacial score (nSPS) is 23.4. The number of hydrogen-bond donors (Lipinski definition) is 0. The Hall–Kier alpha value is -3.71. The Bertz CT molecular complexity index is 1460. The summed E-state index contributed by atoms with van der Waals surface area (Å²) < 4.78 is 29.3. The molecule has 0 spiro atoms. The minimum absolute atomic E-state index is 0.160. The fraction of sp³-hybridized carbons (Fsp3) is 0.185. The predicted octanol–water partition coefficient (Wildman–Crippen LogP) is 4.17.